The lowest BCUT2D eigenvalue weighted by atomic mass is 10.1. The Kier molecular flexibility index (Phi) is 4.20. The van der Waals surface area contributed by atoms with Gasteiger partial charge in [-0.15, -0.1) is 11.3 Å². The van der Waals surface area contributed by atoms with Crippen LogP contribution < -0.4 is 5.32 Å². The second-order valence-electron chi connectivity index (χ2n) is 4.49. The zero-order valence-corrected chi connectivity index (χ0v) is 13.7. The van der Waals surface area contributed by atoms with E-state index in [1.807, 2.05) is 19.1 Å². The largest absolute Gasteiger partial charge is 0.440 e. The molecule has 3 rings (SSSR count). The van der Waals surface area contributed by atoms with Crippen LogP contribution in [0, 0.1) is 6.92 Å². The molecular weight excluding hydrogens is 343 g/mol. The molecular formula is C15H10Cl2N2O2S. The van der Waals surface area contributed by atoms with Gasteiger partial charge in [0.15, 0.2) is 16.1 Å². The Balaban J connectivity index is 1.83. The van der Waals surface area contributed by atoms with Gasteiger partial charge >= 0.3 is 0 Å². The summed E-state index contributed by atoms with van der Waals surface area (Å²) in [5, 5.41) is 4.04. The fourth-order valence-electron chi connectivity index (χ4n) is 1.92. The fraction of sp³-hybridized carbons (Fsp3) is 0.0667. The molecule has 1 aromatic carbocycles. The number of nitrogens with zero attached hydrogens (tertiary/aromatic N) is 1. The number of benzene rings is 1. The Morgan fingerprint density at radius 1 is 1.18 bits per heavy atom. The number of aryl methyl sites for hydroxylation is 1. The van der Waals surface area contributed by atoms with Crippen LogP contribution in [0.25, 0.3) is 11.3 Å². The van der Waals surface area contributed by atoms with E-state index in [9.17, 15) is 4.79 Å². The van der Waals surface area contributed by atoms with Crippen LogP contribution in [0.5, 0.6) is 0 Å². The number of carbonyl (C=O) groups is 1. The Bertz CT molecular complexity index is 824. The summed E-state index contributed by atoms with van der Waals surface area (Å²) in [6.45, 7) is 1.95. The molecule has 1 N–H and O–H groups in total. The molecule has 7 heteroatoms. The van der Waals surface area contributed by atoms with Crippen molar-refractivity contribution in [2.45, 2.75) is 6.92 Å². The summed E-state index contributed by atoms with van der Waals surface area (Å²) in [6.07, 6.45) is 0. The Morgan fingerprint density at radius 2 is 1.91 bits per heavy atom. The highest BCUT2D eigenvalue weighted by Gasteiger charge is 2.15. The normalized spacial score (nSPS) is 10.7. The van der Waals surface area contributed by atoms with Crippen LogP contribution in [0.3, 0.4) is 0 Å². The maximum Gasteiger partial charge on any atom is 0.293 e. The smallest absolute Gasteiger partial charge is 0.293 e. The van der Waals surface area contributed by atoms with Crippen LogP contribution >= 0.6 is 34.5 Å². The molecule has 0 radical (unpaired) electrons. The lowest BCUT2D eigenvalue weighted by Gasteiger charge is -1.99. The summed E-state index contributed by atoms with van der Waals surface area (Å²) < 4.78 is 5.07. The standard InChI is InChI=1S/C15H10Cl2N2O2S/c1-8-13(9-2-4-10(16)5-3-9)18-15(22-8)19-14(20)11-6-7-12(17)21-11/h2-7H,1H3,(H,18,19,20). The van der Waals surface area contributed by atoms with Gasteiger partial charge < -0.3 is 4.42 Å². The summed E-state index contributed by atoms with van der Waals surface area (Å²) in [5.74, 6) is -0.241. The first-order chi connectivity index (χ1) is 10.5. The van der Waals surface area contributed by atoms with Gasteiger partial charge in [0.2, 0.25) is 0 Å². The van der Waals surface area contributed by atoms with Crippen molar-refractivity contribution in [3.05, 3.63) is 57.3 Å². The first kappa shape index (κ1) is 15.1. The van der Waals surface area contributed by atoms with Crippen molar-refractivity contribution in [2.24, 2.45) is 0 Å². The van der Waals surface area contributed by atoms with E-state index >= 15 is 0 Å². The third-order valence-corrected chi connectivity index (χ3v) is 4.27. The minimum Gasteiger partial charge on any atom is -0.440 e. The number of hydrogen-bond donors (Lipinski definition) is 1. The molecule has 0 unspecified atom stereocenters. The van der Waals surface area contributed by atoms with E-state index in [-0.39, 0.29) is 16.9 Å². The number of thiazole rings is 1. The zero-order chi connectivity index (χ0) is 15.7. The molecule has 0 aliphatic heterocycles. The Morgan fingerprint density at radius 3 is 2.55 bits per heavy atom. The van der Waals surface area contributed by atoms with Crippen LogP contribution in [0.15, 0.2) is 40.8 Å². The Hall–Kier alpha value is -1.82. The van der Waals surface area contributed by atoms with E-state index in [0.29, 0.717) is 10.2 Å². The van der Waals surface area contributed by atoms with E-state index in [4.69, 9.17) is 27.6 Å². The average molecular weight is 353 g/mol. The number of hydrogen-bond acceptors (Lipinski definition) is 4. The fourth-order valence-corrected chi connectivity index (χ4v) is 3.02. The molecule has 112 valence electrons. The minimum absolute atomic E-state index is 0.144. The summed E-state index contributed by atoms with van der Waals surface area (Å²) in [6, 6.07) is 10.4. The molecule has 0 spiro atoms. The predicted molar refractivity (Wildman–Crippen MR) is 89.0 cm³/mol. The van der Waals surface area contributed by atoms with E-state index in [0.717, 1.165) is 16.1 Å². The van der Waals surface area contributed by atoms with Crippen molar-refractivity contribution in [3.8, 4) is 11.3 Å². The molecule has 1 amide bonds. The lowest BCUT2D eigenvalue weighted by molar-refractivity contribution is 0.0997. The summed E-state index contributed by atoms with van der Waals surface area (Å²) in [7, 11) is 0. The molecule has 0 fully saturated rings. The predicted octanol–water partition coefficient (Wildman–Crippen LogP) is 5.27. The quantitative estimate of drug-likeness (QED) is 0.698. The van der Waals surface area contributed by atoms with Gasteiger partial charge in [-0.05, 0) is 42.8 Å². The van der Waals surface area contributed by atoms with Crippen molar-refractivity contribution < 1.29 is 9.21 Å². The van der Waals surface area contributed by atoms with Gasteiger partial charge in [-0.3, -0.25) is 10.1 Å². The maximum absolute atomic E-state index is 12.0. The van der Waals surface area contributed by atoms with Crippen LogP contribution in [0.2, 0.25) is 10.2 Å². The molecule has 0 bridgehead atoms. The van der Waals surface area contributed by atoms with Crippen LogP contribution in [0.4, 0.5) is 5.13 Å². The molecule has 2 heterocycles. The van der Waals surface area contributed by atoms with E-state index in [1.54, 1.807) is 12.1 Å². The number of anilines is 1. The van der Waals surface area contributed by atoms with Crippen LogP contribution in [-0.2, 0) is 0 Å². The number of furan rings is 1. The third kappa shape index (κ3) is 3.16. The van der Waals surface area contributed by atoms with Crippen LogP contribution in [0.1, 0.15) is 15.4 Å². The highest BCUT2D eigenvalue weighted by atomic mass is 35.5. The molecule has 22 heavy (non-hydrogen) atoms. The molecule has 0 aliphatic rings. The monoisotopic (exact) mass is 352 g/mol. The molecule has 3 aromatic rings. The summed E-state index contributed by atoms with van der Waals surface area (Å²) in [5.41, 5.74) is 1.76. The molecule has 0 saturated heterocycles. The SMILES string of the molecule is Cc1sc(NC(=O)c2ccc(Cl)o2)nc1-c1ccc(Cl)cc1. The van der Waals surface area contributed by atoms with Crippen LogP contribution in [-0.4, -0.2) is 10.9 Å². The summed E-state index contributed by atoms with van der Waals surface area (Å²) >= 11 is 12.9. The first-order valence-corrected chi connectivity index (χ1v) is 7.90. The van der Waals surface area contributed by atoms with Gasteiger partial charge in [0.05, 0.1) is 5.69 Å². The minimum atomic E-state index is -0.386. The van der Waals surface area contributed by atoms with Crippen molar-refractivity contribution in [1.82, 2.24) is 4.98 Å². The Labute approximate surface area is 140 Å². The van der Waals surface area contributed by atoms with Gasteiger partial charge in [0.25, 0.3) is 5.91 Å². The third-order valence-electron chi connectivity index (χ3n) is 2.93. The molecule has 2 aromatic heterocycles. The number of aromatic nitrogens is 1. The number of halogens is 2. The zero-order valence-electron chi connectivity index (χ0n) is 11.4. The number of rotatable bonds is 3. The second kappa shape index (κ2) is 6.12. The molecule has 0 saturated carbocycles. The van der Waals surface area contributed by atoms with Crippen molar-refractivity contribution in [2.75, 3.05) is 5.32 Å². The topological polar surface area (TPSA) is 55.1 Å². The lowest BCUT2D eigenvalue weighted by Crippen LogP contribution is -2.10. The molecule has 4 nitrogen and oxygen atoms in total. The second-order valence-corrected chi connectivity index (χ2v) is 6.50. The van der Waals surface area contributed by atoms with Gasteiger partial charge in [-0.2, -0.15) is 0 Å². The van der Waals surface area contributed by atoms with Crippen molar-refractivity contribution >= 4 is 45.6 Å². The first-order valence-electron chi connectivity index (χ1n) is 6.33. The highest BCUT2D eigenvalue weighted by Crippen LogP contribution is 2.31. The van der Waals surface area contributed by atoms with E-state index in [1.165, 1.54) is 23.5 Å². The van der Waals surface area contributed by atoms with Crippen molar-refractivity contribution in [1.29, 1.82) is 0 Å². The number of nitrogens with one attached hydrogen (secondary N) is 1. The number of carbonyl (C=O) groups excluding carboxylic acids is 1. The van der Waals surface area contributed by atoms with Gasteiger partial charge in [0, 0.05) is 15.5 Å². The molecule has 0 atom stereocenters. The molecule has 0 aliphatic carbocycles. The van der Waals surface area contributed by atoms with Gasteiger partial charge in [-0.1, -0.05) is 23.7 Å². The summed E-state index contributed by atoms with van der Waals surface area (Å²) in [4.78, 5) is 17.5. The number of amides is 1. The highest BCUT2D eigenvalue weighted by molar-refractivity contribution is 7.16. The van der Waals surface area contributed by atoms with Gasteiger partial charge in [-0.25, -0.2) is 4.98 Å². The van der Waals surface area contributed by atoms with Gasteiger partial charge in [0.1, 0.15) is 0 Å². The van der Waals surface area contributed by atoms with E-state index < -0.39 is 0 Å². The average Bonchev–Trinajstić information content (AvgIpc) is 3.06. The van der Waals surface area contributed by atoms with Crippen molar-refractivity contribution in [3.63, 3.8) is 0 Å². The maximum atomic E-state index is 12.0. The van der Waals surface area contributed by atoms with E-state index in [2.05, 4.69) is 10.3 Å².